The molecule has 3 N–H and O–H groups in total. The molecule has 1 saturated carbocycles. The number of furan rings is 1. The molecule has 2 aromatic rings. The molecule has 1 aliphatic carbocycles. The van der Waals surface area contributed by atoms with Gasteiger partial charge in [0.25, 0.3) is 0 Å². The molecular formula is C19H21N3O3. The molecule has 0 spiro atoms. The first-order valence-corrected chi connectivity index (χ1v) is 8.23. The number of carbonyl (C=O) groups excluding carboxylic acids is 2. The standard InChI is InChI=1S/C19H21N3O3/c1-12-11-16(12)17-9-7-15(25-17)8-10-18(23)21-13-3-5-14(6-4-13)22-19(24)20-2/h3-10,12,16H,11H2,1-2H3,(H,21,23)(H2,20,22,24)/b10-8+. The Morgan fingerprint density at radius 2 is 1.72 bits per heavy atom. The van der Waals surface area contributed by atoms with E-state index in [1.54, 1.807) is 37.4 Å². The van der Waals surface area contributed by atoms with Gasteiger partial charge in [-0.2, -0.15) is 0 Å². The highest BCUT2D eigenvalue weighted by Crippen LogP contribution is 2.47. The highest BCUT2D eigenvalue weighted by Gasteiger charge is 2.36. The van der Waals surface area contributed by atoms with Gasteiger partial charge in [0.05, 0.1) is 0 Å². The van der Waals surface area contributed by atoms with Gasteiger partial charge in [-0.05, 0) is 54.8 Å². The van der Waals surface area contributed by atoms with Crippen LogP contribution >= 0.6 is 0 Å². The van der Waals surface area contributed by atoms with Crippen LogP contribution in [0.4, 0.5) is 16.2 Å². The molecule has 2 atom stereocenters. The molecule has 2 unspecified atom stereocenters. The van der Waals surface area contributed by atoms with Crippen molar-refractivity contribution in [1.29, 1.82) is 0 Å². The highest BCUT2D eigenvalue weighted by atomic mass is 16.3. The molecule has 3 rings (SSSR count). The van der Waals surface area contributed by atoms with Crippen LogP contribution in [0.15, 0.2) is 46.9 Å². The van der Waals surface area contributed by atoms with Crippen LogP contribution in [-0.4, -0.2) is 19.0 Å². The number of amides is 3. The second-order valence-corrected chi connectivity index (χ2v) is 6.16. The van der Waals surface area contributed by atoms with Gasteiger partial charge in [-0.15, -0.1) is 0 Å². The average Bonchev–Trinajstić information content (AvgIpc) is 3.15. The van der Waals surface area contributed by atoms with Gasteiger partial charge in [0, 0.05) is 30.4 Å². The monoisotopic (exact) mass is 339 g/mol. The normalized spacial score (nSPS) is 18.8. The van der Waals surface area contributed by atoms with Crippen molar-refractivity contribution in [2.45, 2.75) is 19.3 Å². The predicted octanol–water partition coefficient (Wildman–Crippen LogP) is 3.81. The van der Waals surface area contributed by atoms with E-state index in [1.165, 1.54) is 12.5 Å². The number of benzene rings is 1. The molecule has 1 heterocycles. The van der Waals surface area contributed by atoms with Crippen molar-refractivity contribution in [1.82, 2.24) is 5.32 Å². The van der Waals surface area contributed by atoms with Gasteiger partial charge in [0.1, 0.15) is 11.5 Å². The summed E-state index contributed by atoms with van der Waals surface area (Å²) >= 11 is 0. The third-order valence-corrected chi connectivity index (χ3v) is 4.16. The van der Waals surface area contributed by atoms with E-state index < -0.39 is 0 Å². The van der Waals surface area contributed by atoms with Crippen molar-refractivity contribution < 1.29 is 14.0 Å². The Morgan fingerprint density at radius 1 is 1.08 bits per heavy atom. The third kappa shape index (κ3) is 4.50. The molecular weight excluding hydrogens is 318 g/mol. The summed E-state index contributed by atoms with van der Waals surface area (Å²) in [5.74, 6) is 2.64. The summed E-state index contributed by atoms with van der Waals surface area (Å²) in [4.78, 5) is 23.2. The van der Waals surface area contributed by atoms with Gasteiger partial charge in [-0.1, -0.05) is 6.92 Å². The number of hydrogen-bond acceptors (Lipinski definition) is 3. The largest absolute Gasteiger partial charge is 0.461 e. The smallest absolute Gasteiger partial charge is 0.318 e. The first-order valence-electron chi connectivity index (χ1n) is 8.23. The lowest BCUT2D eigenvalue weighted by Crippen LogP contribution is -2.24. The fourth-order valence-electron chi connectivity index (χ4n) is 2.55. The fraction of sp³-hybridized carbons (Fsp3) is 0.263. The second kappa shape index (κ2) is 7.25. The van der Waals surface area contributed by atoms with Crippen LogP contribution in [0.25, 0.3) is 6.08 Å². The van der Waals surface area contributed by atoms with Gasteiger partial charge in [-0.3, -0.25) is 4.79 Å². The van der Waals surface area contributed by atoms with E-state index in [4.69, 9.17) is 4.42 Å². The van der Waals surface area contributed by atoms with Gasteiger partial charge < -0.3 is 20.4 Å². The number of rotatable bonds is 5. The lowest BCUT2D eigenvalue weighted by Gasteiger charge is -2.06. The number of anilines is 2. The maximum atomic E-state index is 12.0. The Kier molecular flexibility index (Phi) is 4.88. The number of urea groups is 1. The molecule has 25 heavy (non-hydrogen) atoms. The van der Waals surface area contributed by atoms with E-state index in [0.29, 0.717) is 29.0 Å². The average molecular weight is 339 g/mol. The molecule has 0 bridgehead atoms. The Morgan fingerprint density at radius 3 is 2.32 bits per heavy atom. The Bertz CT molecular complexity index is 793. The molecule has 130 valence electrons. The van der Waals surface area contributed by atoms with Crippen molar-refractivity contribution >= 4 is 29.4 Å². The summed E-state index contributed by atoms with van der Waals surface area (Å²) in [5, 5.41) is 7.88. The van der Waals surface area contributed by atoms with Crippen LogP contribution in [0.2, 0.25) is 0 Å². The van der Waals surface area contributed by atoms with Crippen molar-refractivity contribution in [3.05, 3.63) is 54.0 Å². The van der Waals surface area contributed by atoms with Gasteiger partial charge in [0.2, 0.25) is 5.91 Å². The molecule has 6 heteroatoms. The Balaban J connectivity index is 1.53. The summed E-state index contributed by atoms with van der Waals surface area (Å²) in [5.41, 5.74) is 1.29. The van der Waals surface area contributed by atoms with E-state index in [0.717, 1.165) is 5.76 Å². The zero-order valence-corrected chi connectivity index (χ0v) is 14.2. The summed E-state index contributed by atoms with van der Waals surface area (Å²) in [6.45, 7) is 2.20. The van der Waals surface area contributed by atoms with Crippen LogP contribution in [0.1, 0.15) is 30.8 Å². The minimum Gasteiger partial charge on any atom is -0.461 e. The lowest BCUT2D eigenvalue weighted by atomic mass is 10.2. The minimum absolute atomic E-state index is 0.246. The Labute approximate surface area is 146 Å². The first-order chi connectivity index (χ1) is 12.0. The molecule has 1 aliphatic rings. The highest BCUT2D eigenvalue weighted by molar-refractivity contribution is 6.02. The number of carbonyl (C=O) groups is 2. The topological polar surface area (TPSA) is 83.4 Å². The van der Waals surface area contributed by atoms with Crippen molar-refractivity contribution in [3.8, 4) is 0 Å². The van der Waals surface area contributed by atoms with E-state index in [1.807, 2.05) is 12.1 Å². The van der Waals surface area contributed by atoms with E-state index in [-0.39, 0.29) is 11.9 Å². The molecule has 1 fully saturated rings. The Hall–Kier alpha value is -3.02. The van der Waals surface area contributed by atoms with Crippen molar-refractivity contribution in [2.75, 3.05) is 17.7 Å². The third-order valence-electron chi connectivity index (χ3n) is 4.16. The molecule has 1 aromatic heterocycles. The maximum Gasteiger partial charge on any atom is 0.318 e. The zero-order chi connectivity index (χ0) is 17.8. The summed E-state index contributed by atoms with van der Waals surface area (Å²) in [6.07, 6.45) is 4.27. The van der Waals surface area contributed by atoms with E-state index >= 15 is 0 Å². The van der Waals surface area contributed by atoms with Gasteiger partial charge in [0.15, 0.2) is 0 Å². The first kappa shape index (κ1) is 16.8. The zero-order valence-electron chi connectivity index (χ0n) is 14.2. The molecule has 6 nitrogen and oxygen atoms in total. The van der Waals surface area contributed by atoms with Crippen LogP contribution in [0.5, 0.6) is 0 Å². The summed E-state index contributed by atoms with van der Waals surface area (Å²) in [6, 6.07) is 10.4. The maximum absolute atomic E-state index is 12.0. The van der Waals surface area contributed by atoms with Crippen LogP contribution in [-0.2, 0) is 4.79 Å². The predicted molar refractivity (Wildman–Crippen MR) is 97.4 cm³/mol. The van der Waals surface area contributed by atoms with Gasteiger partial charge in [-0.25, -0.2) is 4.79 Å². The molecule has 0 aliphatic heterocycles. The number of hydrogen-bond donors (Lipinski definition) is 3. The molecule has 3 amide bonds. The van der Waals surface area contributed by atoms with Crippen LogP contribution in [0, 0.1) is 5.92 Å². The molecule has 0 saturated heterocycles. The van der Waals surface area contributed by atoms with Gasteiger partial charge >= 0.3 is 6.03 Å². The van der Waals surface area contributed by atoms with Crippen molar-refractivity contribution in [3.63, 3.8) is 0 Å². The molecule has 0 radical (unpaired) electrons. The second-order valence-electron chi connectivity index (χ2n) is 6.16. The van der Waals surface area contributed by atoms with Crippen molar-refractivity contribution in [2.24, 2.45) is 5.92 Å². The quantitative estimate of drug-likeness (QED) is 0.724. The van der Waals surface area contributed by atoms with Crippen LogP contribution in [0.3, 0.4) is 0 Å². The molecule has 1 aromatic carbocycles. The summed E-state index contributed by atoms with van der Waals surface area (Å²) < 4.78 is 5.73. The fourth-order valence-corrected chi connectivity index (χ4v) is 2.55. The minimum atomic E-state index is -0.293. The van der Waals surface area contributed by atoms with Crippen LogP contribution < -0.4 is 16.0 Å². The SMILES string of the molecule is CNC(=O)Nc1ccc(NC(=O)/C=C/c2ccc(C3CC3C)o2)cc1. The number of nitrogens with one attached hydrogen (secondary N) is 3. The van der Waals surface area contributed by atoms with E-state index in [9.17, 15) is 9.59 Å². The van der Waals surface area contributed by atoms with E-state index in [2.05, 4.69) is 22.9 Å². The lowest BCUT2D eigenvalue weighted by molar-refractivity contribution is -0.111. The summed E-state index contributed by atoms with van der Waals surface area (Å²) in [7, 11) is 1.55.